The molecule has 0 spiro atoms. The van der Waals surface area contributed by atoms with E-state index in [0.717, 1.165) is 31.3 Å². The lowest BCUT2D eigenvalue weighted by Gasteiger charge is -2.34. The summed E-state index contributed by atoms with van der Waals surface area (Å²) >= 11 is 0. The van der Waals surface area contributed by atoms with Crippen LogP contribution in [0.2, 0.25) is 0 Å². The van der Waals surface area contributed by atoms with E-state index in [4.69, 9.17) is 0 Å². The first-order valence-electron chi connectivity index (χ1n) is 6.52. The van der Waals surface area contributed by atoms with Gasteiger partial charge >= 0.3 is 0 Å². The van der Waals surface area contributed by atoms with Crippen LogP contribution >= 0.6 is 0 Å². The van der Waals surface area contributed by atoms with Gasteiger partial charge in [0.25, 0.3) is 0 Å². The molecule has 1 aliphatic carbocycles. The zero-order chi connectivity index (χ0) is 11.3. The van der Waals surface area contributed by atoms with Gasteiger partial charge in [0.1, 0.15) is 0 Å². The summed E-state index contributed by atoms with van der Waals surface area (Å²) in [6, 6.07) is 0. The molecule has 90 valence electrons. The molecule has 2 heteroatoms. The molecule has 0 amide bonds. The summed E-state index contributed by atoms with van der Waals surface area (Å²) in [5.41, 5.74) is 0. The molecule has 1 fully saturated rings. The molecule has 0 bridgehead atoms. The molecule has 0 aromatic rings. The number of hydrogen-bond acceptors (Lipinski definition) is 2. The number of nitrogens with one attached hydrogen (secondary N) is 1. The largest absolute Gasteiger partial charge is 0.392 e. The Hall–Kier alpha value is -0.0800. The first kappa shape index (κ1) is 13.0. The second-order valence-corrected chi connectivity index (χ2v) is 5.45. The van der Waals surface area contributed by atoms with Gasteiger partial charge in [-0.25, -0.2) is 0 Å². The van der Waals surface area contributed by atoms with Crippen LogP contribution in [0.5, 0.6) is 0 Å². The number of aliphatic hydroxyl groups excluding tert-OH is 1. The van der Waals surface area contributed by atoms with Crippen molar-refractivity contribution in [1.82, 2.24) is 5.32 Å². The van der Waals surface area contributed by atoms with Crippen molar-refractivity contribution < 1.29 is 5.11 Å². The Balaban J connectivity index is 2.28. The average molecular weight is 213 g/mol. The minimum atomic E-state index is -0.137. The molecule has 3 unspecified atom stereocenters. The van der Waals surface area contributed by atoms with E-state index in [2.05, 4.69) is 26.1 Å². The van der Waals surface area contributed by atoms with Gasteiger partial charge < -0.3 is 10.4 Å². The van der Waals surface area contributed by atoms with Crippen LogP contribution in [0, 0.1) is 17.8 Å². The molecule has 3 atom stereocenters. The van der Waals surface area contributed by atoms with Gasteiger partial charge in [-0.15, -0.1) is 0 Å². The molecule has 1 saturated carbocycles. The summed E-state index contributed by atoms with van der Waals surface area (Å²) in [5, 5.41) is 13.4. The van der Waals surface area contributed by atoms with Gasteiger partial charge in [-0.3, -0.25) is 0 Å². The van der Waals surface area contributed by atoms with Crippen molar-refractivity contribution in [3.05, 3.63) is 0 Å². The normalized spacial score (nSPS) is 34.0. The number of hydrogen-bond donors (Lipinski definition) is 2. The predicted molar refractivity (Wildman–Crippen MR) is 64.8 cm³/mol. The Labute approximate surface area is 94.5 Å². The fraction of sp³-hybridized carbons (Fsp3) is 1.00. The van der Waals surface area contributed by atoms with Crippen LogP contribution in [0.1, 0.15) is 46.5 Å². The summed E-state index contributed by atoms with van der Waals surface area (Å²) < 4.78 is 0. The summed E-state index contributed by atoms with van der Waals surface area (Å²) in [4.78, 5) is 0. The second kappa shape index (κ2) is 6.49. The van der Waals surface area contributed by atoms with Gasteiger partial charge in [0.05, 0.1) is 6.10 Å². The van der Waals surface area contributed by atoms with Crippen LogP contribution in [0.25, 0.3) is 0 Å². The fourth-order valence-corrected chi connectivity index (χ4v) is 2.92. The Morgan fingerprint density at radius 3 is 2.33 bits per heavy atom. The van der Waals surface area contributed by atoms with E-state index in [1.165, 1.54) is 19.3 Å². The first-order chi connectivity index (χ1) is 7.13. The van der Waals surface area contributed by atoms with E-state index >= 15 is 0 Å². The van der Waals surface area contributed by atoms with Crippen LogP contribution < -0.4 is 5.32 Å². The Bertz CT molecular complexity index is 162. The smallest absolute Gasteiger partial charge is 0.0692 e. The monoisotopic (exact) mass is 213 g/mol. The van der Waals surface area contributed by atoms with Gasteiger partial charge in [-0.05, 0) is 50.0 Å². The maximum Gasteiger partial charge on any atom is 0.0692 e. The predicted octanol–water partition coefficient (Wildman–Crippen LogP) is 2.42. The quantitative estimate of drug-likeness (QED) is 0.687. The molecular formula is C13H27NO. The minimum Gasteiger partial charge on any atom is -0.392 e. The van der Waals surface area contributed by atoms with E-state index in [-0.39, 0.29) is 6.10 Å². The maximum absolute atomic E-state index is 10.1. The zero-order valence-corrected chi connectivity index (χ0v) is 10.5. The molecule has 0 aliphatic heterocycles. The molecule has 0 radical (unpaired) electrons. The SMILES string of the molecule is CCCNCC(O)C1CC(C)CC(C)C1. The Morgan fingerprint density at radius 2 is 1.80 bits per heavy atom. The van der Waals surface area contributed by atoms with Crippen molar-refractivity contribution in [3.63, 3.8) is 0 Å². The molecule has 2 N–H and O–H groups in total. The summed E-state index contributed by atoms with van der Waals surface area (Å²) in [6.07, 6.45) is 4.76. The highest BCUT2D eigenvalue weighted by Crippen LogP contribution is 2.34. The molecule has 15 heavy (non-hydrogen) atoms. The first-order valence-corrected chi connectivity index (χ1v) is 6.52. The van der Waals surface area contributed by atoms with Gasteiger partial charge in [0.2, 0.25) is 0 Å². The molecular weight excluding hydrogens is 186 g/mol. The lowest BCUT2D eigenvalue weighted by Crippen LogP contribution is -2.37. The van der Waals surface area contributed by atoms with Crippen LogP contribution in [0.4, 0.5) is 0 Å². The Morgan fingerprint density at radius 1 is 1.20 bits per heavy atom. The molecule has 0 saturated heterocycles. The zero-order valence-electron chi connectivity index (χ0n) is 10.5. The maximum atomic E-state index is 10.1. The summed E-state index contributed by atoms with van der Waals surface area (Å²) in [7, 11) is 0. The van der Waals surface area contributed by atoms with Crippen molar-refractivity contribution in [3.8, 4) is 0 Å². The van der Waals surface area contributed by atoms with Crippen molar-refractivity contribution in [1.29, 1.82) is 0 Å². The van der Waals surface area contributed by atoms with E-state index < -0.39 is 0 Å². The third-order valence-corrected chi connectivity index (χ3v) is 3.54. The summed E-state index contributed by atoms with van der Waals surface area (Å²) in [6.45, 7) is 8.58. The highest BCUT2D eigenvalue weighted by molar-refractivity contribution is 4.80. The van der Waals surface area contributed by atoms with Crippen molar-refractivity contribution in [2.75, 3.05) is 13.1 Å². The van der Waals surface area contributed by atoms with E-state index in [0.29, 0.717) is 5.92 Å². The van der Waals surface area contributed by atoms with E-state index in [1.807, 2.05) is 0 Å². The van der Waals surface area contributed by atoms with Gasteiger partial charge in [0.15, 0.2) is 0 Å². The third-order valence-electron chi connectivity index (χ3n) is 3.54. The van der Waals surface area contributed by atoms with Gasteiger partial charge in [0, 0.05) is 6.54 Å². The van der Waals surface area contributed by atoms with Gasteiger partial charge in [-0.2, -0.15) is 0 Å². The molecule has 0 aromatic heterocycles. The van der Waals surface area contributed by atoms with Crippen LogP contribution in [0.15, 0.2) is 0 Å². The highest BCUT2D eigenvalue weighted by atomic mass is 16.3. The topological polar surface area (TPSA) is 32.3 Å². The van der Waals surface area contributed by atoms with Crippen molar-refractivity contribution in [2.45, 2.75) is 52.6 Å². The average Bonchev–Trinajstić information content (AvgIpc) is 2.16. The summed E-state index contributed by atoms with van der Waals surface area (Å²) in [5.74, 6) is 2.10. The molecule has 1 aliphatic rings. The van der Waals surface area contributed by atoms with Crippen molar-refractivity contribution in [2.24, 2.45) is 17.8 Å². The van der Waals surface area contributed by atoms with Crippen LogP contribution in [-0.4, -0.2) is 24.3 Å². The lowest BCUT2D eigenvalue weighted by molar-refractivity contribution is 0.0559. The van der Waals surface area contributed by atoms with Crippen LogP contribution in [-0.2, 0) is 0 Å². The van der Waals surface area contributed by atoms with E-state index in [1.54, 1.807) is 0 Å². The highest BCUT2D eigenvalue weighted by Gasteiger charge is 2.28. The number of aliphatic hydroxyl groups is 1. The molecule has 0 heterocycles. The third kappa shape index (κ3) is 4.52. The molecule has 2 nitrogen and oxygen atoms in total. The Kier molecular flexibility index (Phi) is 5.62. The van der Waals surface area contributed by atoms with Crippen molar-refractivity contribution >= 4 is 0 Å². The molecule has 0 aromatic carbocycles. The van der Waals surface area contributed by atoms with Gasteiger partial charge in [-0.1, -0.05) is 20.8 Å². The standard InChI is InChI=1S/C13H27NO/c1-4-5-14-9-13(15)12-7-10(2)6-11(3)8-12/h10-15H,4-9H2,1-3H3. The second-order valence-electron chi connectivity index (χ2n) is 5.45. The fourth-order valence-electron chi connectivity index (χ4n) is 2.92. The number of rotatable bonds is 5. The molecule has 1 rings (SSSR count). The minimum absolute atomic E-state index is 0.137. The van der Waals surface area contributed by atoms with Crippen LogP contribution in [0.3, 0.4) is 0 Å². The lowest BCUT2D eigenvalue weighted by atomic mass is 9.74. The van der Waals surface area contributed by atoms with E-state index in [9.17, 15) is 5.11 Å².